The molecule has 1 saturated heterocycles. The van der Waals surface area contributed by atoms with Crippen molar-refractivity contribution in [2.24, 2.45) is 5.73 Å². The molecule has 1 heterocycles. The van der Waals surface area contributed by atoms with Gasteiger partial charge in [-0.25, -0.2) is 0 Å². The van der Waals surface area contributed by atoms with Crippen LogP contribution in [0.25, 0.3) is 0 Å². The van der Waals surface area contributed by atoms with Crippen LogP contribution in [0.2, 0.25) is 0 Å². The highest BCUT2D eigenvalue weighted by Crippen LogP contribution is 2.20. The second kappa shape index (κ2) is 7.22. The van der Waals surface area contributed by atoms with Crippen LogP contribution < -0.4 is 5.73 Å². The van der Waals surface area contributed by atoms with E-state index in [0.717, 1.165) is 32.6 Å². The van der Waals surface area contributed by atoms with Gasteiger partial charge in [0.1, 0.15) is 0 Å². The van der Waals surface area contributed by atoms with E-state index in [1.54, 1.807) is 7.11 Å². The zero-order valence-corrected chi connectivity index (χ0v) is 10.8. The molecule has 2 atom stereocenters. The summed E-state index contributed by atoms with van der Waals surface area (Å²) in [6.45, 7) is 7.63. The van der Waals surface area contributed by atoms with Crippen LogP contribution >= 0.6 is 0 Å². The molecule has 0 amide bonds. The van der Waals surface area contributed by atoms with Crippen LogP contribution in [0, 0.1) is 0 Å². The molecule has 1 fully saturated rings. The maximum Gasteiger partial charge on any atom is 0.0743 e. The van der Waals surface area contributed by atoms with E-state index in [1.807, 2.05) is 0 Å². The fraction of sp³-hybridized carbons (Fsp3) is 1.00. The Labute approximate surface area is 99.1 Å². The SMILES string of the molecule is COCCN(C(C)C)C(CN)C1CCCO1. The lowest BCUT2D eigenvalue weighted by Gasteiger charge is -2.37. The van der Waals surface area contributed by atoms with Gasteiger partial charge in [-0.15, -0.1) is 0 Å². The van der Waals surface area contributed by atoms with Gasteiger partial charge in [-0.2, -0.15) is 0 Å². The predicted octanol–water partition coefficient (Wildman–Crippen LogP) is 0.850. The standard InChI is InChI=1S/C12H26N2O2/c1-10(2)14(6-8-15-3)11(9-13)12-5-4-7-16-12/h10-12H,4-9,13H2,1-3H3. The largest absolute Gasteiger partial charge is 0.383 e. The Balaban J connectivity index is 2.56. The molecule has 1 aliphatic heterocycles. The van der Waals surface area contributed by atoms with Gasteiger partial charge in [-0.1, -0.05) is 0 Å². The Bertz CT molecular complexity index is 182. The Morgan fingerprint density at radius 3 is 2.69 bits per heavy atom. The summed E-state index contributed by atoms with van der Waals surface area (Å²) in [7, 11) is 1.74. The Morgan fingerprint density at radius 2 is 2.25 bits per heavy atom. The summed E-state index contributed by atoms with van der Waals surface area (Å²) in [6, 6.07) is 0.811. The maximum absolute atomic E-state index is 5.90. The lowest BCUT2D eigenvalue weighted by Crippen LogP contribution is -2.52. The normalized spacial score (nSPS) is 23.2. The van der Waals surface area contributed by atoms with Gasteiger partial charge in [-0.05, 0) is 26.7 Å². The third-order valence-corrected chi connectivity index (χ3v) is 3.28. The van der Waals surface area contributed by atoms with Gasteiger partial charge >= 0.3 is 0 Å². The first-order chi connectivity index (χ1) is 7.70. The summed E-state index contributed by atoms with van der Waals surface area (Å²) >= 11 is 0. The van der Waals surface area contributed by atoms with Crippen molar-refractivity contribution in [1.29, 1.82) is 0 Å². The van der Waals surface area contributed by atoms with E-state index in [0.29, 0.717) is 24.7 Å². The van der Waals surface area contributed by atoms with E-state index in [2.05, 4.69) is 18.7 Å². The second-order valence-electron chi connectivity index (χ2n) is 4.68. The van der Waals surface area contributed by atoms with Crippen LogP contribution in [0.15, 0.2) is 0 Å². The molecular weight excluding hydrogens is 204 g/mol. The first-order valence-corrected chi connectivity index (χ1v) is 6.27. The summed E-state index contributed by atoms with van der Waals surface area (Å²) in [5, 5.41) is 0. The topological polar surface area (TPSA) is 47.7 Å². The second-order valence-corrected chi connectivity index (χ2v) is 4.68. The van der Waals surface area contributed by atoms with Crippen LogP contribution in [-0.2, 0) is 9.47 Å². The minimum atomic E-state index is 0.309. The third kappa shape index (κ3) is 3.70. The summed E-state index contributed by atoms with van der Waals surface area (Å²) in [5.74, 6) is 0. The fourth-order valence-corrected chi connectivity index (χ4v) is 2.41. The number of nitrogens with two attached hydrogens (primary N) is 1. The number of hydrogen-bond acceptors (Lipinski definition) is 4. The molecule has 0 saturated carbocycles. The number of nitrogens with zero attached hydrogens (tertiary/aromatic N) is 1. The predicted molar refractivity (Wildman–Crippen MR) is 65.5 cm³/mol. The lowest BCUT2D eigenvalue weighted by atomic mass is 10.0. The number of hydrogen-bond donors (Lipinski definition) is 1. The zero-order valence-electron chi connectivity index (χ0n) is 10.8. The van der Waals surface area contributed by atoms with Crippen molar-refractivity contribution in [3.8, 4) is 0 Å². The van der Waals surface area contributed by atoms with E-state index < -0.39 is 0 Å². The molecule has 4 heteroatoms. The Kier molecular flexibility index (Phi) is 6.28. The van der Waals surface area contributed by atoms with Crippen molar-refractivity contribution in [2.45, 2.75) is 44.9 Å². The van der Waals surface area contributed by atoms with Crippen molar-refractivity contribution < 1.29 is 9.47 Å². The van der Waals surface area contributed by atoms with Gasteiger partial charge in [0.25, 0.3) is 0 Å². The zero-order chi connectivity index (χ0) is 12.0. The van der Waals surface area contributed by atoms with E-state index in [4.69, 9.17) is 15.2 Å². The molecule has 16 heavy (non-hydrogen) atoms. The number of rotatable bonds is 7. The molecule has 0 aromatic heterocycles. The molecule has 1 aliphatic rings. The number of methoxy groups -OCH3 is 1. The van der Waals surface area contributed by atoms with Crippen LogP contribution in [0.1, 0.15) is 26.7 Å². The average Bonchev–Trinajstić information content (AvgIpc) is 2.76. The highest BCUT2D eigenvalue weighted by molar-refractivity contribution is 4.85. The minimum Gasteiger partial charge on any atom is -0.383 e. The van der Waals surface area contributed by atoms with Crippen molar-refractivity contribution in [3.63, 3.8) is 0 Å². The summed E-state index contributed by atoms with van der Waals surface area (Å²) in [6.07, 6.45) is 2.61. The molecule has 0 spiro atoms. The molecule has 1 rings (SSSR count). The van der Waals surface area contributed by atoms with Gasteiger partial charge in [0.15, 0.2) is 0 Å². The molecule has 0 aliphatic carbocycles. The van der Waals surface area contributed by atoms with E-state index in [9.17, 15) is 0 Å². The molecule has 96 valence electrons. The molecule has 2 N–H and O–H groups in total. The van der Waals surface area contributed by atoms with Crippen molar-refractivity contribution in [2.75, 3.05) is 33.4 Å². The quantitative estimate of drug-likeness (QED) is 0.704. The molecule has 4 nitrogen and oxygen atoms in total. The summed E-state index contributed by atoms with van der Waals surface area (Å²) in [4.78, 5) is 2.40. The van der Waals surface area contributed by atoms with Crippen molar-refractivity contribution in [1.82, 2.24) is 4.90 Å². The minimum absolute atomic E-state index is 0.309. The fourth-order valence-electron chi connectivity index (χ4n) is 2.41. The average molecular weight is 230 g/mol. The highest BCUT2D eigenvalue weighted by Gasteiger charge is 2.30. The van der Waals surface area contributed by atoms with E-state index >= 15 is 0 Å². The first kappa shape index (κ1) is 13.9. The van der Waals surface area contributed by atoms with Crippen molar-refractivity contribution in [3.05, 3.63) is 0 Å². The van der Waals surface area contributed by atoms with E-state index in [-0.39, 0.29) is 0 Å². The maximum atomic E-state index is 5.90. The van der Waals surface area contributed by atoms with Gasteiger partial charge < -0.3 is 15.2 Å². The van der Waals surface area contributed by atoms with Gasteiger partial charge in [0, 0.05) is 38.9 Å². The van der Waals surface area contributed by atoms with Crippen molar-refractivity contribution >= 4 is 0 Å². The van der Waals surface area contributed by atoms with Crippen LogP contribution in [0.3, 0.4) is 0 Å². The first-order valence-electron chi connectivity index (χ1n) is 6.27. The lowest BCUT2D eigenvalue weighted by molar-refractivity contribution is 0.00397. The summed E-state index contributed by atoms with van der Waals surface area (Å²) in [5.41, 5.74) is 5.90. The van der Waals surface area contributed by atoms with Crippen LogP contribution in [-0.4, -0.2) is 56.5 Å². The Morgan fingerprint density at radius 1 is 1.50 bits per heavy atom. The molecule has 0 aromatic rings. The monoisotopic (exact) mass is 230 g/mol. The van der Waals surface area contributed by atoms with Gasteiger partial charge in [-0.3, -0.25) is 4.90 Å². The highest BCUT2D eigenvalue weighted by atomic mass is 16.5. The smallest absolute Gasteiger partial charge is 0.0743 e. The van der Waals surface area contributed by atoms with Gasteiger partial charge in [0.2, 0.25) is 0 Å². The molecule has 0 bridgehead atoms. The molecule has 2 unspecified atom stereocenters. The molecular formula is C12H26N2O2. The van der Waals surface area contributed by atoms with Crippen LogP contribution in [0.4, 0.5) is 0 Å². The van der Waals surface area contributed by atoms with E-state index in [1.165, 1.54) is 0 Å². The molecule has 0 radical (unpaired) electrons. The molecule has 0 aromatic carbocycles. The van der Waals surface area contributed by atoms with Gasteiger partial charge in [0.05, 0.1) is 12.7 Å². The third-order valence-electron chi connectivity index (χ3n) is 3.28. The van der Waals surface area contributed by atoms with Crippen LogP contribution in [0.5, 0.6) is 0 Å². The summed E-state index contributed by atoms with van der Waals surface area (Å²) < 4.78 is 10.9. The Hall–Kier alpha value is -0.160. The number of ether oxygens (including phenoxy) is 2.